The Balaban J connectivity index is 0.00000180. The average Bonchev–Trinajstić information content (AvgIpc) is 2.89. The van der Waals surface area contributed by atoms with E-state index in [0.717, 1.165) is 25.9 Å². The maximum absolute atomic E-state index is 3.87. The molecule has 2 nitrogen and oxygen atoms in total. The lowest BCUT2D eigenvalue weighted by atomic mass is 10.1. The first-order chi connectivity index (χ1) is 8.85. The largest absolute Gasteiger partial charge is 0.314 e. The molecule has 1 N–H and O–H groups in total. The average molecular weight is 337 g/mol. The van der Waals surface area contributed by atoms with Gasteiger partial charge >= 0.3 is 0 Å². The van der Waals surface area contributed by atoms with Crippen LogP contribution in [0.4, 0.5) is 0 Å². The molecule has 20 heavy (non-hydrogen) atoms. The van der Waals surface area contributed by atoms with E-state index in [1.165, 1.54) is 29.3 Å². The zero-order chi connectivity index (χ0) is 12.8. The number of nitrogens with one attached hydrogen (secondary N) is 1. The third kappa shape index (κ3) is 5.38. The highest BCUT2D eigenvalue weighted by Gasteiger charge is 2.22. The summed E-state index contributed by atoms with van der Waals surface area (Å²) < 4.78 is 0. The lowest BCUT2D eigenvalue weighted by Crippen LogP contribution is -2.45. The number of piperazine rings is 1. The molecule has 0 saturated carbocycles. The first-order valence-corrected chi connectivity index (χ1v) is 7.81. The van der Waals surface area contributed by atoms with Crippen molar-refractivity contribution in [2.75, 3.05) is 26.2 Å². The molecule has 2 rings (SSSR count). The van der Waals surface area contributed by atoms with Gasteiger partial charge in [0.2, 0.25) is 0 Å². The molecule has 0 bridgehead atoms. The minimum atomic E-state index is 0. The van der Waals surface area contributed by atoms with Gasteiger partial charge in [0.05, 0.1) is 0 Å². The number of nitrogens with zero attached hydrogens (tertiary/aromatic N) is 1. The van der Waals surface area contributed by atoms with Crippen LogP contribution >= 0.6 is 36.2 Å². The highest BCUT2D eigenvalue weighted by atomic mass is 35.5. The molecule has 0 aromatic carbocycles. The molecule has 1 saturated heterocycles. The van der Waals surface area contributed by atoms with Crippen LogP contribution in [0.25, 0.3) is 0 Å². The van der Waals surface area contributed by atoms with Gasteiger partial charge in [0.25, 0.3) is 0 Å². The Kier molecular flexibility index (Phi) is 10.6. The molecular formula is C15H26Cl2N2S. The minimum absolute atomic E-state index is 0. The summed E-state index contributed by atoms with van der Waals surface area (Å²) in [6.45, 7) is 10.7. The molecule has 1 atom stereocenters. The van der Waals surface area contributed by atoms with Crippen LogP contribution in [0, 0.1) is 0 Å². The Hall–Kier alpha value is -0.0600. The van der Waals surface area contributed by atoms with Gasteiger partial charge in [-0.15, -0.1) is 42.7 Å². The molecule has 116 valence electrons. The van der Waals surface area contributed by atoms with Gasteiger partial charge in [-0.05, 0) is 31.4 Å². The lowest BCUT2D eigenvalue weighted by molar-refractivity contribution is 0.168. The summed E-state index contributed by atoms with van der Waals surface area (Å²) in [5.74, 6) is 0. The summed E-state index contributed by atoms with van der Waals surface area (Å²) in [7, 11) is 0. The third-order valence-corrected chi connectivity index (χ3v) is 4.93. The number of rotatable bonds is 6. The van der Waals surface area contributed by atoms with E-state index < -0.39 is 0 Å². The van der Waals surface area contributed by atoms with E-state index in [4.69, 9.17) is 0 Å². The molecule has 1 aliphatic rings. The van der Waals surface area contributed by atoms with Crippen molar-refractivity contribution in [1.82, 2.24) is 10.2 Å². The number of aryl methyl sites for hydroxylation is 1. The lowest BCUT2D eigenvalue weighted by Gasteiger charge is -2.34. The maximum Gasteiger partial charge on any atom is 0.0445 e. The molecule has 0 spiro atoms. The SMILES string of the molecule is C=CCC[C@H](c1ccc(CC)s1)N1CCNCC1.Cl.Cl. The summed E-state index contributed by atoms with van der Waals surface area (Å²) in [5, 5.41) is 3.44. The number of allylic oxidation sites excluding steroid dienone is 1. The molecule has 1 aromatic heterocycles. The fourth-order valence-corrected chi connectivity index (χ4v) is 3.66. The predicted molar refractivity (Wildman–Crippen MR) is 94.8 cm³/mol. The third-order valence-electron chi connectivity index (χ3n) is 3.60. The number of hydrogen-bond acceptors (Lipinski definition) is 3. The Morgan fingerprint density at radius 2 is 2.05 bits per heavy atom. The predicted octanol–water partition coefficient (Wildman–Crippen LogP) is 4.07. The minimum Gasteiger partial charge on any atom is -0.314 e. The first-order valence-electron chi connectivity index (χ1n) is 6.99. The normalized spacial score (nSPS) is 16.9. The number of halogens is 2. The Labute approximate surface area is 139 Å². The van der Waals surface area contributed by atoms with Crippen LogP contribution in [-0.2, 0) is 6.42 Å². The monoisotopic (exact) mass is 336 g/mol. The van der Waals surface area contributed by atoms with Crippen molar-refractivity contribution in [3.05, 3.63) is 34.5 Å². The van der Waals surface area contributed by atoms with Crippen molar-refractivity contribution < 1.29 is 0 Å². The van der Waals surface area contributed by atoms with Gasteiger partial charge in [0.15, 0.2) is 0 Å². The van der Waals surface area contributed by atoms with E-state index >= 15 is 0 Å². The van der Waals surface area contributed by atoms with Crippen molar-refractivity contribution in [3.8, 4) is 0 Å². The van der Waals surface area contributed by atoms with E-state index in [1.807, 2.05) is 17.4 Å². The second kappa shape index (κ2) is 10.6. The smallest absolute Gasteiger partial charge is 0.0445 e. The second-order valence-electron chi connectivity index (χ2n) is 4.83. The van der Waals surface area contributed by atoms with Crippen LogP contribution < -0.4 is 5.32 Å². The molecule has 2 heterocycles. The zero-order valence-electron chi connectivity index (χ0n) is 12.1. The van der Waals surface area contributed by atoms with E-state index in [-0.39, 0.29) is 24.8 Å². The van der Waals surface area contributed by atoms with Gasteiger partial charge < -0.3 is 5.32 Å². The number of thiophene rings is 1. The van der Waals surface area contributed by atoms with E-state index in [0.29, 0.717) is 6.04 Å². The molecule has 1 aliphatic heterocycles. The summed E-state index contributed by atoms with van der Waals surface area (Å²) in [6, 6.07) is 5.22. The van der Waals surface area contributed by atoms with Crippen LogP contribution in [0.2, 0.25) is 0 Å². The van der Waals surface area contributed by atoms with Gasteiger partial charge in [0.1, 0.15) is 0 Å². The molecule has 0 unspecified atom stereocenters. The summed E-state index contributed by atoms with van der Waals surface area (Å²) in [5.41, 5.74) is 0. The fourth-order valence-electron chi connectivity index (χ4n) is 2.54. The van der Waals surface area contributed by atoms with E-state index in [1.54, 1.807) is 0 Å². The summed E-state index contributed by atoms with van der Waals surface area (Å²) >= 11 is 1.99. The van der Waals surface area contributed by atoms with Crippen LogP contribution in [-0.4, -0.2) is 31.1 Å². The standard InChI is InChI=1S/C15H24N2S.2ClH/c1-3-5-6-14(17-11-9-16-10-12-17)15-8-7-13(4-2)18-15;;/h3,7-8,14,16H,1,4-6,9-12H2,2H3;2*1H/t14-;;/m1../s1. The van der Waals surface area contributed by atoms with Crippen LogP contribution in [0.1, 0.15) is 35.6 Å². The molecule has 0 amide bonds. The van der Waals surface area contributed by atoms with Crippen molar-refractivity contribution >= 4 is 36.2 Å². The quantitative estimate of drug-likeness (QED) is 0.788. The van der Waals surface area contributed by atoms with Gasteiger partial charge in [-0.3, -0.25) is 4.90 Å². The second-order valence-corrected chi connectivity index (χ2v) is 6.03. The molecule has 1 aromatic rings. The Morgan fingerprint density at radius 1 is 1.35 bits per heavy atom. The summed E-state index contributed by atoms with van der Waals surface area (Å²) in [6.07, 6.45) is 5.51. The van der Waals surface area contributed by atoms with E-state index in [2.05, 4.69) is 35.9 Å². The van der Waals surface area contributed by atoms with Crippen LogP contribution in [0.15, 0.2) is 24.8 Å². The molecular weight excluding hydrogens is 311 g/mol. The molecule has 1 fully saturated rings. The Morgan fingerprint density at radius 3 is 2.60 bits per heavy atom. The van der Waals surface area contributed by atoms with Crippen molar-refractivity contribution in [1.29, 1.82) is 0 Å². The van der Waals surface area contributed by atoms with Crippen molar-refractivity contribution in [2.45, 2.75) is 32.2 Å². The molecule has 0 radical (unpaired) electrons. The highest BCUT2D eigenvalue weighted by molar-refractivity contribution is 7.12. The first kappa shape index (κ1) is 19.9. The maximum atomic E-state index is 3.87. The number of hydrogen-bond donors (Lipinski definition) is 1. The zero-order valence-corrected chi connectivity index (χ0v) is 14.6. The van der Waals surface area contributed by atoms with Crippen molar-refractivity contribution in [2.24, 2.45) is 0 Å². The van der Waals surface area contributed by atoms with E-state index in [9.17, 15) is 0 Å². The van der Waals surface area contributed by atoms with Crippen LogP contribution in [0.5, 0.6) is 0 Å². The highest BCUT2D eigenvalue weighted by Crippen LogP contribution is 2.32. The van der Waals surface area contributed by atoms with Crippen LogP contribution in [0.3, 0.4) is 0 Å². The summed E-state index contributed by atoms with van der Waals surface area (Å²) in [4.78, 5) is 5.67. The molecule has 0 aliphatic carbocycles. The molecule has 5 heteroatoms. The van der Waals surface area contributed by atoms with Gasteiger partial charge in [-0.2, -0.15) is 0 Å². The van der Waals surface area contributed by atoms with Gasteiger partial charge in [-0.25, -0.2) is 0 Å². The fraction of sp³-hybridized carbons (Fsp3) is 0.600. The van der Waals surface area contributed by atoms with Crippen molar-refractivity contribution in [3.63, 3.8) is 0 Å². The topological polar surface area (TPSA) is 15.3 Å². The van der Waals surface area contributed by atoms with Gasteiger partial charge in [-0.1, -0.05) is 13.0 Å². The van der Waals surface area contributed by atoms with Gasteiger partial charge in [0, 0.05) is 42.0 Å². The Bertz CT molecular complexity index is 376.